The van der Waals surface area contributed by atoms with Gasteiger partial charge in [-0.2, -0.15) is 0 Å². The van der Waals surface area contributed by atoms with Crippen molar-refractivity contribution in [3.05, 3.63) is 24.0 Å². The van der Waals surface area contributed by atoms with Crippen molar-refractivity contribution in [3.63, 3.8) is 0 Å². The zero-order valence-corrected chi connectivity index (χ0v) is 15.1. The second kappa shape index (κ2) is 7.48. The van der Waals surface area contributed by atoms with Crippen LogP contribution in [0.2, 0.25) is 0 Å². The number of nitrogens with two attached hydrogens (primary N) is 1. The lowest BCUT2D eigenvalue weighted by atomic mass is 9.65. The van der Waals surface area contributed by atoms with E-state index in [1.165, 1.54) is 6.42 Å². The molecule has 4 rings (SSSR count). The Labute approximate surface area is 156 Å². The van der Waals surface area contributed by atoms with Crippen LogP contribution >= 0.6 is 12.4 Å². The average molecular weight is 385 g/mol. The highest BCUT2D eigenvalue weighted by molar-refractivity contribution is 5.94. The number of fused-ring (bicyclic) bond motifs is 3. The number of alkyl halides is 2. The zero-order chi connectivity index (χ0) is 17.6. The van der Waals surface area contributed by atoms with Crippen molar-refractivity contribution >= 4 is 35.0 Å². The Kier molecular flexibility index (Phi) is 5.48. The van der Waals surface area contributed by atoms with Crippen LogP contribution in [0.3, 0.4) is 0 Å². The Bertz CT molecular complexity index is 783. The summed E-state index contributed by atoms with van der Waals surface area (Å²) in [6, 6.07) is 5.22. The van der Waals surface area contributed by atoms with Crippen LogP contribution in [0, 0.1) is 17.8 Å². The van der Waals surface area contributed by atoms with Crippen LogP contribution < -0.4 is 11.1 Å². The molecule has 0 aliphatic heterocycles. The Morgan fingerprint density at radius 3 is 2.62 bits per heavy atom. The molecule has 1 heterocycles. The minimum atomic E-state index is -2.64. The van der Waals surface area contributed by atoms with Gasteiger partial charge in [-0.1, -0.05) is 6.42 Å². The molecule has 142 valence electrons. The molecular formula is C18H23ClF2N4O. The van der Waals surface area contributed by atoms with Crippen LogP contribution in [0.5, 0.6) is 0 Å². The van der Waals surface area contributed by atoms with Gasteiger partial charge in [0.05, 0.1) is 11.0 Å². The van der Waals surface area contributed by atoms with E-state index in [0.29, 0.717) is 28.6 Å². The fraction of sp³-hybridized carbons (Fsp3) is 0.556. The number of anilines is 1. The normalized spacial score (nSPS) is 28.0. The molecule has 8 heteroatoms. The Morgan fingerprint density at radius 1 is 1.27 bits per heavy atom. The average Bonchev–Trinajstić information content (AvgIpc) is 2.98. The second-order valence-corrected chi connectivity index (χ2v) is 7.34. The maximum atomic E-state index is 12.7. The monoisotopic (exact) mass is 384 g/mol. The van der Waals surface area contributed by atoms with Crippen LogP contribution in [0.1, 0.15) is 44.4 Å². The van der Waals surface area contributed by atoms with E-state index < -0.39 is 6.43 Å². The number of rotatable bonds is 3. The number of nitrogens with one attached hydrogen (secondary N) is 2. The van der Waals surface area contributed by atoms with Crippen molar-refractivity contribution in [1.29, 1.82) is 0 Å². The van der Waals surface area contributed by atoms with E-state index in [0.717, 1.165) is 25.7 Å². The first-order valence-electron chi connectivity index (χ1n) is 8.85. The Morgan fingerprint density at radius 2 is 1.96 bits per heavy atom. The van der Waals surface area contributed by atoms with Crippen molar-refractivity contribution in [2.24, 2.45) is 23.5 Å². The highest BCUT2D eigenvalue weighted by Gasteiger charge is 2.40. The van der Waals surface area contributed by atoms with Crippen LogP contribution in [0.25, 0.3) is 11.0 Å². The summed E-state index contributed by atoms with van der Waals surface area (Å²) in [6.07, 6.45) is 2.46. The van der Waals surface area contributed by atoms with Gasteiger partial charge in [0, 0.05) is 17.6 Å². The number of hydrogen-bond acceptors (Lipinski definition) is 3. The van der Waals surface area contributed by atoms with Crippen molar-refractivity contribution in [3.8, 4) is 0 Å². The van der Waals surface area contributed by atoms with Crippen LogP contribution in [-0.4, -0.2) is 21.9 Å². The fourth-order valence-corrected chi connectivity index (χ4v) is 4.46. The molecule has 2 saturated carbocycles. The molecule has 2 aliphatic rings. The van der Waals surface area contributed by atoms with Gasteiger partial charge in [0.1, 0.15) is 0 Å². The first-order valence-corrected chi connectivity index (χ1v) is 8.85. The number of amides is 1. The van der Waals surface area contributed by atoms with Gasteiger partial charge in [-0.05, 0) is 55.7 Å². The highest BCUT2D eigenvalue weighted by Crippen LogP contribution is 2.42. The number of hydrogen-bond donors (Lipinski definition) is 3. The number of H-pyrrole nitrogens is 1. The summed E-state index contributed by atoms with van der Waals surface area (Å²) in [7, 11) is 0. The summed E-state index contributed by atoms with van der Waals surface area (Å²) in [5.41, 5.74) is 7.84. The minimum absolute atomic E-state index is 0. The minimum Gasteiger partial charge on any atom is -0.337 e. The van der Waals surface area contributed by atoms with E-state index in [-0.39, 0.29) is 36.1 Å². The number of aromatic nitrogens is 2. The standard InChI is InChI=1S/C18H22F2N4O.ClH/c19-16(20)17-23-13-5-4-12(8-14(13)24-17)22-18(25)11-6-9-2-1-3-10(7-11)15(9)21;/h4-5,8-11,15-16H,1-3,6-7,21H2,(H,22,25)(H,23,24);1H. The summed E-state index contributed by atoms with van der Waals surface area (Å²) in [5.74, 6) is 0.493. The quantitative estimate of drug-likeness (QED) is 0.747. The molecule has 2 unspecified atom stereocenters. The lowest BCUT2D eigenvalue weighted by Crippen LogP contribution is -2.48. The molecule has 0 spiro atoms. The largest absolute Gasteiger partial charge is 0.337 e. The molecule has 2 fully saturated rings. The van der Waals surface area contributed by atoms with Gasteiger partial charge in [0.15, 0.2) is 5.82 Å². The molecule has 1 amide bonds. The van der Waals surface area contributed by atoms with Gasteiger partial charge < -0.3 is 16.0 Å². The Balaban J connectivity index is 0.00000196. The van der Waals surface area contributed by atoms with Gasteiger partial charge in [0.25, 0.3) is 6.43 Å². The fourth-order valence-electron chi connectivity index (χ4n) is 4.46. The lowest BCUT2D eigenvalue weighted by molar-refractivity contribution is -0.122. The Hall–Kier alpha value is -1.73. The van der Waals surface area contributed by atoms with E-state index in [1.807, 2.05) is 0 Å². The number of carbonyl (C=O) groups excluding carboxylic acids is 1. The predicted molar refractivity (Wildman–Crippen MR) is 98.5 cm³/mol. The third kappa shape index (κ3) is 3.55. The molecule has 2 bridgehead atoms. The molecule has 5 nitrogen and oxygen atoms in total. The molecule has 1 aromatic carbocycles. The summed E-state index contributed by atoms with van der Waals surface area (Å²) < 4.78 is 25.5. The van der Waals surface area contributed by atoms with E-state index in [9.17, 15) is 13.6 Å². The van der Waals surface area contributed by atoms with E-state index >= 15 is 0 Å². The van der Waals surface area contributed by atoms with Crippen LogP contribution in [0.4, 0.5) is 14.5 Å². The number of nitrogens with zero attached hydrogens (tertiary/aromatic N) is 1. The number of carbonyl (C=O) groups is 1. The molecule has 4 N–H and O–H groups in total. The summed E-state index contributed by atoms with van der Waals surface area (Å²) >= 11 is 0. The molecule has 0 saturated heterocycles. The third-order valence-electron chi connectivity index (χ3n) is 5.76. The van der Waals surface area contributed by atoms with Crippen molar-refractivity contribution in [1.82, 2.24) is 9.97 Å². The molecule has 2 atom stereocenters. The zero-order valence-electron chi connectivity index (χ0n) is 14.3. The van der Waals surface area contributed by atoms with Crippen LogP contribution in [-0.2, 0) is 4.79 Å². The third-order valence-corrected chi connectivity index (χ3v) is 5.76. The smallest absolute Gasteiger partial charge is 0.295 e. The first-order chi connectivity index (χ1) is 12.0. The van der Waals surface area contributed by atoms with Gasteiger partial charge in [-0.3, -0.25) is 4.79 Å². The van der Waals surface area contributed by atoms with Gasteiger partial charge in [-0.25, -0.2) is 13.8 Å². The molecular weight excluding hydrogens is 362 g/mol. The molecule has 26 heavy (non-hydrogen) atoms. The van der Waals surface area contributed by atoms with E-state index in [2.05, 4.69) is 15.3 Å². The maximum Gasteiger partial charge on any atom is 0.295 e. The first kappa shape index (κ1) is 19.0. The summed E-state index contributed by atoms with van der Waals surface area (Å²) in [4.78, 5) is 19.1. The van der Waals surface area contributed by atoms with Crippen molar-refractivity contribution < 1.29 is 13.6 Å². The van der Waals surface area contributed by atoms with Crippen LogP contribution in [0.15, 0.2) is 18.2 Å². The number of halogens is 3. The lowest BCUT2D eigenvalue weighted by Gasteiger charge is -2.43. The molecule has 0 radical (unpaired) electrons. The summed E-state index contributed by atoms with van der Waals surface area (Å²) in [5, 5.41) is 2.93. The van der Waals surface area contributed by atoms with Crippen molar-refractivity contribution in [2.45, 2.75) is 44.6 Å². The molecule has 1 aromatic heterocycles. The van der Waals surface area contributed by atoms with E-state index in [4.69, 9.17) is 5.73 Å². The van der Waals surface area contributed by atoms with Gasteiger partial charge >= 0.3 is 0 Å². The highest BCUT2D eigenvalue weighted by atomic mass is 35.5. The second-order valence-electron chi connectivity index (χ2n) is 7.34. The SMILES string of the molecule is Cl.NC1C2CCCC1CC(C(=O)Nc1ccc3nc(C(F)F)[nH]c3c1)C2. The number of benzene rings is 1. The molecule has 2 aliphatic carbocycles. The molecule has 2 aromatic rings. The van der Waals surface area contributed by atoms with Crippen molar-refractivity contribution in [2.75, 3.05) is 5.32 Å². The number of aromatic amines is 1. The van der Waals surface area contributed by atoms with E-state index in [1.54, 1.807) is 18.2 Å². The van der Waals surface area contributed by atoms with Gasteiger partial charge in [-0.15, -0.1) is 12.4 Å². The number of imidazole rings is 1. The predicted octanol–water partition coefficient (Wildman–Crippen LogP) is 4.01. The topological polar surface area (TPSA) is 83.8 Å². The summed E-state index contributed by atoms with van der Waals surface area (Å²) in [6.45, 7) is 0. The van der Waals surface area contributed by atoms with Gasteiger partial charge in [0.2, 0.25) is 5.91 Å². The maximum absolute atomic E-state index is 12.7.